The van der Waals surface area contributed by atoms with E-state index < -0.39 is 5.97 Å². The van der Waals surface area contributed by atoms with Crippen molar-refractivity contribution in [3.63, 3.8) is 0 Å². The Labute approximate surface area is 108 Å². The van der Waals surface area contributed by atoms with E-state index in [0.717, 1.165) is 17.7 Å². The number of hydrogen-bond donors (Lipinski definition) is 3. The van der Waals surface area contributed by atoms with Gasteiger partial charge in [0.2, 0.25) is 0 Å². The fourth-order valence-corrected chi connectivity index (χ4v) is 1.85. The van der Waals surface area contributed by atoms with Crippen molar-refractivity contribution in [3.05, 3.63) is 29.3 Å². The number of carbonyl (C=O) groups is 1. The number of hydrogen-bond acceptors (Lipinski definition) is 3. The second-order valence-electron chi connectivity index (χ2n) is 5.00. The normalized spacial score (nSPS) is 12.5. The van der Waals surface area contributed by atoms with Gasteiger partial charge in [0.05, 0.1) is 11.7 Å². The van der Waals surface area contributed by atoms with Gasteiger partial charge >= 0.3 is 5.97 Å². The van der Waals surface area contributed by atoms with Gasteiger partial charge in [0.25, 0.3) is 0 Å². The second-order valence-corrected chi connectivity index (χ2v) is 5.00. The SMILES string of the molecule is Cc1cc(C(=O)O)ccc1NCC(O)CC(C)C. The molecule has 0 aliphatic rings. The summed E-state index contributed by atoms with van der Waals surface area (Å²) in [5.41, 5.74) is 2.01. The summed E-state index contributed by atoms with van der Waals surface area (Å²) in [4.78, 5) is 10.8. The highest BCUT2D eigenvalue weighted by Crippen LogP contribution is 2.17. The van der Waals surface area contributed by atoms with E-state index in [1.54, 1.807) is 18.2 Å². The molecule has 0 aliphatic carbocycles. The number of carboxylic acid groups (broad SMARTS) is 1. The largest absolute Gasteiger partial charge is 0.478 e. The lowest BCUT2D eigenvalue weighted by atomic mass is 10.1. The lowest BCUT2D eigenvalue weighted by molar-refractivity contribution is 0.0696. The lowest BCUT2D eigenvalue weighted by Crippen LogP contribution is -2.21. The third kappa shape index (κ3) is 4.37. The molecule has 0 amide bonds. The van der Waals surface area contributed by atoms with Crippen LogP contribution in [0, 0.1) is 12.8 Å². The standard InChI is InChI=1S/C14H21NO3/c1-9(2)6-12(16)8-15-13-5-4-11(14(17)18)7-10(13)3/h4-5,7,9,12,15-16H,6,8H2,1-3H3,(H,17,18). The Morgan fingerprint density at radius 2 is 2.06 bits per heavy atom. The highest BCUT2D eigenvalue weighted by atomic mass is 16.4. The minimum atomic E-state index is -0.926. The van der Waals surface area contributed by atoms with Gasteiger partial charge in [-0.1, -0.05) is 13.8 Å². The average Bonchev–Trinajstić information content (AvgIpc) is 2.26. The molecule has 0 spiro atoms. The maximum atomic E-state index is 10.8. The zero-order valence-electron chi connectivity index (χ0n) is 11.1. The molecule has 3 N–H and O–H groups in total. The van der Waals surface area contributed by atoms with Gasteiger partial charge in [-0.15, -0.1) is 0 Å². The van der Waals surface area contributed by atoms with Crippen molar-refractivity contribution >= 4 is 11.7 Å². The molecule has 1 rings (SSSR count). The lowest BCUT2D eigenvalue weighted by Gasteiger charge is -2.16. The predicted octanol–water partition coefficient (Wildman–Crippen LogP) is 2.51. The maximum Gasteiger partial charge on any atom is 0.335 e. The highest BCUT2D eigenvalue weighted by molar-refractivity contribution is 5.88. The Kier molecular flexibility index (Phi) is 5.16. The zero-order valence-corrected chi connectivity index (χ0v) is 11.1. The van der Waals surface area contributed by atoms with Crippen molar-refractivity contribution < 1.29 is 15.0 Å². The molecule has 0 aliphatic heterocycles. The van der Waals surface area contributed by atoms with Crippen LogP contribution in [-0.4, -0.2) is 28.8 Å². The number of benzene rings is 1. The number of aryl methyl sites for hydroxylation is 1. The Morgan fingerprint density at radius 3 is 2.56 bits per heavy atom. The van der Waals surface area contributed by atoms with Crippen LogP contribution in [0.3, 0.4) is 0 Å². The van der Waals surface area contributed by atoms with Crippen molar-refractivity contribution in [1.82, 2.24) is 0 Å². The molecule has 0 saturated heterocycles. The molecule has 0 bridgehead atoms. The van der Waals surface area contributed by atoms with Gasteiger partial charge in [0, 0.05) is 12.2 Å². The van der Waals surface area contributed by atoms with Gasteiger partial charge < -0.3 is 15.5 Å². The van der Waals surface area contributed by atoms with Crippen molar-refractivity contribution in [3.8, 4) is 0 Å². The molecule has 1 aromatic rings. The third-order valence-electron chi connectivity index (χ3n) is 2.74. The van der Waals surface area contributed by atoms with Crippen molar-refractivity contribution in [2.24, 2.45) is 5.92 Å². The van der Waals surface area contributed by atoms with Crippen LogP contribution in [0.25, 0.3) is 0 Å². The molecule has 100 valence electrons. The topological polar surface area (TPSA) is 69.6 Å². The number of aromatic carboxylic acids is 1. The van der Waals surface area contributed by atoms with Crippen molar-refractivity contribution in [2.75, 3.05) is 11.9 Å². The molecule has 0 radical (unpaired) electrons. The summed E-state index contributed by atoms with van der Waals surface area (Å²) in [6.45, 7) is 6.46. The molecular weight excluding hydrogens is 230 g/mol. The van der Waals surface area contributed by atoms with Gasteiger partial charge in [0.15, 0.2) is 0 Å². The zero-order chi connectivity index (χ0) is 13.7. The van der Waals surface area contributed by atoms with Crippen LogP contribution in [0.5, 0.6) is 0 Å². The maximum absolute atomic E-state index is 10.8. The highest BCUT2D eigenvalue weighted by Gasteiger charge is 2.09. The molecule has 0 aromatic heterocycles. The van der Waals surface area contributed by atoms with E-state index in [2.05, 4.69) is 19.2 Å². The second kappa shape index (κ2) is 6.40. The minimum absolute atomic E-state index is 0.278. The summed E-state index contributed by atoms with van der Waals surface area (Å²) in [5.74, 6) is -0.471. The van der Waals surface area contributed by atoms with Crippen LogP contribution in [0.1, 0.15) is 36.2 Å². The van der Waals surface area contributed by atoms with Gasteiger partial charge in [-0.05, 0) is 43.0 Å². The number of aliphatic hydroxyl groups excluding tert-OH is 1. The van der Waals surface area contributed by atoms with Gasteiger partial charge in [-0.2, -0.15) is 0 Å². The Hall–Kier alpha value is -1.55. The summed E-state index contributed by atoms with van der Waals surface area (Å²) >= 11 is 0. The first-order valence-corrected chi connectivity index (χ1v) is 6.16. The summed E-state index contributed by atoms with van der Waals surface area (Å²) in [7, 11) is 0. The Morgan fingerprint density at radius 1 is 1.39 bits per heavy atom. The molecule has 0 saturated carbocycles. The first kappa shape index (κ1) is 14.5. The molecule has 0 fully saturated rings. The minimum Gasteiger partial charge on any atom is -0.478 e. The van der Waals surface area contributed by atoms with E-state index in [9.17, 15) is 9.90 Å². The molecule has 4 nitrogen and oxygen atoms in total. The van der Waals surface area contributed by atoms with Crippen LogP contribution in [-0.2, 0) is 0 Å². The Balaban J connectivity index is 2.60. The first-order valence-electron chi connectivity index (χ1n) is 6.16. The molecule has 1 aromatic carbocycles. The van der Waals surface area contributed by atoms with Crippen LogP contribution in [0.4, 0.5) is 5.69 Å². The third-order valence-corrected chi connectivity index (χ3v) is 2.74. The molecule has 18 heavy (non-hydrogen) atoms. The van der Waals surface area contributed by atoms with Crippen molar-refractivity contribution in [1.29, 1.82) is 0 Å². The van der Waals surface area contributed by atoms with Crippen LogP contribution in [0.15, 0.2) is 18.2 Å². The van der Waals surface area contributed by atoms with Gasteiger partial charge in [-0.25, -0.2) is 4.79 Å². The van der Waals surface area contributed by atoms with Crippen LogP contribution in [0.2, 0.25) is 0 Å². The Bertz CT molecular complexity index is 416. The molecule has 0 heterocycles. The van der Waals surface area contributed by atoms with Crippen LogP contribution < -0.4 is 5.32 Å². The fourth-order valence-electron chi connectivity index (χ4n) is 1.85. The number of carboxylic acids is 1. The molecule has 1 unspecified atom stereocenters. The van der Waals surface area contributed by atoms with E-state index in [4.69, 9.17) is 5.11 Å². The fraction of sp³-hybridized carbons (Fsp3) is 0.500. The van der Waals surface area contributed by atoms with Crippen molar-refractivity contribution in [2.45, 2.75) is 33.3 Å². The first-order chi connectivity index (χ1) is 8.40. The number of anilines is 1. The number of nitrogens with one attached hydrogen (secondary N) is 1. The van der Waals surface area contributed by atoms with E-state index >= 15 is 0 Å². The smallest absolute Gasteiger partial charge is 0.335 e. The quantitative estimate of drug-likeness (QED) is 0.726. The monoisotopic (exact) mass is 251 g/mol. The summed E-state index contributed by atoms with van der Waals surface area (Å²) in [6, 6.07) is 4.92. The average molecular weight is 251 g/mol. The summed E-state index contributed by atoms with van der Waals surface area (Å²) in [5, 5.41) is 21.8. The predicted molar refractivity (Wildman–Crippen MR) is 72.1 cm³/mol. The summed E-state index contributed by atoms with van der Waals surface area (Å²) in [6.07, 6.45) is 0.364. The van der Waals surface area contributed by atoms with E-state index in [0.29, 0.717) is 12.5 Å². The molecular formula is C14H21NO3. The molecule has 4 heteroatoms. The number of aliphatic hydroxyl groups is 1. The number of rotatable bonds is 6. The van der Waals surface area contributed by atoms with E-state index in [1.165, 1.54) is 0 Å². The van der Waals surface area contributed by atoms with Gasteiger partial charge in [0.1, 0.15) is 0 Å². The summed E-state index contributed by atoms with van der Waals surface area (Å²) < 4.78 is 0. The van der Waals surface area contributed by atoms with Gasteiger partial charge in [-0.3, -0.25) is 0 Å². The van der Waals surface area contributed by atoms with E-state index in [1.807, 2.05) is 6.92 Å². The van der Waals surface area contributed by atoms with E-state index in [-0.39, 0.29) is 11.7 Å². The van der Waals surface area contributed by atoms with Crippen LogP contribution >= 0.6 is 0 Å². The molecule has 1 atom stereocenters.